The number of nitrogens with zero attached hydrogens (tertiary/aromatic N) is 4. The Balaban J connectivity index is 1.45. The van der Waals surface area contributed by atoms with Crippen molar-refractivity contribution in [3.63, 3.8) is 0 Å². The summed E-state index contributed by atoms with van der Waals surface area (Å²) < 4.78 is 44.0. The van der Waals surface area contributed by atoms with Gasteiger partial charge in [0.05, 0.1) is 112 Å². The first kappa shape index (κ1) is 58.9. The molecule has 1 saturated heterocycles. The van der Waals surface area contributed by atoms with Crippen LogP contribution >= 0.6 is 0 Å². The number of benzene rings is 1. The molecule has 2 rings (SSSR count). The Morgan fingerprint density at radius 2 is 1.25 bits per heavy atom. The van der Waals surface area contributed by atoms with Gasteiger partial charge in [-0.15, -0.1) is 0 Å². The highest BCUT2D eigenvalue weighted by Gasteiger charge is 2.29. The third kappa shape index (κ3) is 31.5. The number of nitrogens with two attached hydrogens (primary N) is 1. The van der Waals surface area contributed by atoms with Crippen molar-refractivity contribution in [2.45, 2.75) is 77.5 Å². The van der Waals surface area contributed by atoms with E-state index in [1.165, 1.54) is 0 Å². The molecule has 5 amide bonds. The van der Waals surface area contributed by atoms with E-state index in [2.05, 4.69) is 36.2 Å². The van der Waals surface area contributed by atoms with Gasteiger partial charge in [0.15, 0.2) is 0 Å². The second-order valence-electron chi connectivity index (χ2n) is 16.2. The van der Waals surface area contributed by atoms with E-state index < -0.39 is 29.9 Å². The summed E-state index contributed by atoms with van der Waals surface area (Å²) in [5.41, 5.74) is 14.5. The minimum absolute atomic E-state index is 0.129. The van der Waals surface area contributed by atoms with E-state index in [0.717, 1.165) is 38.9 Å². The van der Waals surface area contributed by atoms with E-state index in [9.17, 15) is 24.3 Å². The van der Waals surface area contributed by atoms with E-state index in [-0.39, 0.29) is 31.4 Å². The fraction of sp³-hybridized carbons (Fsp3) is 0.778. The quantitative estimate of drug-likeness (QED) is 0.0238. The summed E-state index contributed by atoms with van der Waals surface area (Å²) in [7, 11) is 0. The number of hydrogen-bond acceptors (Lipinski definition) is 15. The number of anilines is 1. The SMILES string of the molecule is CC(C)C(NC(=O)CCCC1CCN(CCOCCOCCOCCOCCOCCOCCOCCOCCN=[N+]=[N-])CC1)C(=O)NC(CCCNC(N)=O)C(=O)Nc1ccc(CO)cc1. The molecule has 1 aliphatic rings. The lowest BCUT2D eigenvalue weighted by molar-refractivity contribution is -0.132. The molecule has 1 aromatic carbocycles. The van der Waals surface area contributed by atoms with Crippen LogP contribution in [0.2, 0.25) is 0 Å². The highest BCUT2D eigenvalue weighted by molar-refractivity contribution is 5.98. The van der Waals surface area contributed by atoms with Crippen LogP contribution in [-0.2, 0) is 58.9 Å². The van der Waals surface area contributed by atoms with E-state index in [0.29, 0.717) is 149 Å². The number of aliphatic hydroxyl groups is 1. The molecule has 0 radical (unpaired) electrons. The third-order valence-electron chi connectivity index (χ3n) is 10.5. The highest BCUT2D eigenvalue weighted by Crippen LogP contribution is 2.22. The summed E-state index contributed by atoms with van der Waals surface area (Å²) in [5.74, 6) is -0.820. The Kier molecular flexibility index (Phi) is 35.0. The summed E-state index contributed by atoms with van der Waals surface area (Å²) in [6, 6.07) is 4.24. The maximum Gasteiger partial charge on any atom is 0.312 e. The number of azide groups is 1. The fourth-order valence-corrected chi connectivity index (χ4v) is 6.79. The fourth-order valence-electron chi connectivity index (χ4n) is 6.79. The van der Waals surface area contributed by atoms with Crippen molar-refractivity contribution < 1.29 is 62.2 Å². The average molecular weight is 954 g/mol. The van der Waals surface area contributed by atoms with Crippen molar-refractivity contribution in [1.29, 1.82) is 0 Å². The molecule has 0 aliphatic carbocycles. The van der Waals surface area contributed by atoms with Gasteiger partial charge in [-0.3, -0.25) is 14.4 Å². The smallest absolute Gasteiger partial charge is 0.312 e. The van der Waals surface area contributed by atoms with E-state index in [1.54, 1.807) is 24.3 Å². The van der Waals surface area contributed by atoms with Crippen molar-refractivity contribution in [3.8, 4) is 0 Å². The number of carbonyl (C=O) groups excluding carboxylic acids is 4. The zero-order chi connectivity index (χ0) is 48.6. The molecular formula is C45H79N9O13. The van der Waals surface area contributed by atoms with Crippen LogP contribution in [0.5, 0.6) is 0 Å². The number of carbonyl (C=O) groups is 4. The standard InChI is InChI=1S/C45H79N9O13/c1-36(2)42(44(58)51-40(6-4-14-48-45(46)59)43(57)50-39-10-8-38(35-55)9-11-39)52-41(56)7-3-5-37-12-16-54(17-13-37)18-20-61-22-24-63-26-28-65-30-32-67-34-33-66-31-29-64-27-25-62-23-21-60-19-15-49-53-47/h8-11,36-37,40,42,55H,3-7,12-35H2,1-2H3,(H,50,57)(H,51,58)(H,52,56)(H3,46,48,59). The number of likely N-dealkylation sites (tertiary alicyclic amines) is 1. The van der Waals surface area contributed by atoms with Crippen LogP contribution in [-0.4, -0.2) is 184 Å². The Hall–Kier alpha value is -4.19. The molecule has 1 heterocycles. The first-order valence-corrected chi connectivity index (χ1v) is 23.6. The molecule has 1 fully saturated rings. The maximum atomic E-state index is 13.5. The molecule has 0 aromatic heterocycles. The molecular weight excluding hydrogens is 875 g/mol. The first-order valence-electron chi connectivity index (χ1n) is 23.6. The monoisotopic (exact) mass is 954 g/mol. The van der Waals surface area contributed by atoms with Crippen LogP contribution in [0, 0.1) is 11.8 Å². The number of primary amides is 1. The number of nitrogens with one attached hydrogen (secondary N) is 4. The lowest BCUT2D eigenvalue weighted by Gasteiger charge is -2.31. The summed E-state index contributed by atoms with van der Waals surface area (Å²) in [6.07, 6.45) is 4.66. The minimum Gasteiger partial charge on any atom is -0.392 e. The summed E-state index contributed by atoms with van der Waals surface area (Å²) >= 11 is 0. The number of aliphatic hydroxyl groups excluding tert-OH is 1. The highest BCUT2D eigenvalue weighted by atomic mass is 16.6. The van der Waals surface area contributed by atoms with Crippen LogP contribution in [0.1, 0.15) is 64.4 Å². The zero-order valence-corrected chi connectivity index (χ0v) is 39.8. The number of amides is 5. The predicted molar refractivity (Wildman–Crippen MR) is 250 cm³/mol. The molecule has 0 spiro atoms. The van der Waals surface area contributed by atoms with Gasteiger partial charge in [0.1, 0.15) is 12.1 Å². The van der Waals surface area contributed by atoms with Crippen molar-refractivity contribution >= 4 is 29.4 Å². The molecule has 2 atom stereocenters. The summed E-state index contributed by atoms with van der Waals surface area (Å²) in [6.45, 7) is 14.6. The van der Waals surface area contributed by atoms with Gasteiger partial charge in [0.2, 0.25) is 17.7 Å². The van der Waals surface area contributed by atoms with Crippen LogP contribution < -0.4 is 27.0 Å². The molecule has 0 saturated carbocycles. The van der Waals surface area contributed by atoms with Gasteiger partial charge in [-0.05, 0) is 86.7 Å². The van der Waals surface area contributed by atoms with Gasteiger partial charge >= 0.3 is 6.03 Å². The number of rotatable bonds is 42. The topological polar surface area (TPSA) is 288 Å². The van der Waals surface area contributed by atoms with E-state index >= 15 is 0 Å². The normalized spacial score (nSPS) is 14.0. The molecule has 22 nitrogen and oxygen atoms in total. The lowest BCUT2D eigenvalue weighted by atomic mass is 9.91. The van der Waals surface area contributed by atoms with Gasteiger partial charge in [-0.1, -0.05) is 31.1 Å². The third-order valence-corrected chi connectivity index (χ3v) is 10.5. The molecule has 2 unspecified atom stereocenters. The molecule has 1 aliphatic heterocycles. The van der Waals surface area contributed by atoms with Crippen molar-refractivity contribution in [3.05, 3.63) is 40.3 Å². The van der Waals surface area contributed by atoms with Crippen molar-refractivity contribution in [2.75, 3.05) is 144 Å². The Morgan fingerprint density at radius 3 is 1.73 bits per heavy atom. The largest absolute Gasteiger partial charge is 0.392 e. The molecule has 0 bridgehead atoms. The molecule has 382 valence electrons. The number of ether oxygens (including phenoxy) is 8. The summed E-state index contributed by atoms with van der Waals surface area (Å²) in [5, 5.41) is 23.7. The predicted octanol–water partition coefficient (Wildman–Crippen LogP) is 2.52. The van der Waals surface area contributed by atoms with Crippen molar-refractivity contribution in [1.82, 2.24) is 20.9 Å². The Morgan fingerprint density at radius 1 is 0.746 bits per heavy atom. The first-order chi connectivity index (χ1) is 32.6. The molecule has 1 aromatic rings. The zero-order valence-electron chi connectivity index (χ0n) is 39.8. The number of urea groups is 1. The molecule has 67 heavy (non-hydrogen) atoms. The van der Waals surface area contributed by atoms with Crippen LogP contribution in [0.4, 0.5) is 10.5 Å². The Labute approximate surface area is 395 Å². The Bertz CT molecular complexity index is 1500. The van der Waals surface area contributed by atoms with Crippen molar-refractivity contribution in [2.24, 2.45) is 22.7 Å². The lowest BCUT2D eigenvalue weighted by Crippen LogP contribution is -2.54. The maximum absolute atomic E-state index is 13.5. The second kappa shape index (κ2) is 39.8. The molecule has 7 N–H and O–H groups in total. The van der Waals surface area contributed by atoms with Crippen LogP contribution in [0.15, 0.2) is 29.4 Å². The van der Waals surface area contributed by atoms with Gasteiger partial charge in [0, 0.05) is 36.7 Å². The van der Waals surface area contributed by atoms with E-state index in [4.69, 9.17) is 49.2 Å². The van der Waals surface area contributed by atoms with Gasteiger partial charge < -0.3 is 74.9 Å². The minimum atomic E-state index is -0.934. The summed E-state index contributed by atoms with van der Waals surface area (Å²) in [4.78, 5) is 56.0. The van der Waals surface area contributed by atoms with Gasteiger partial charge in [0.25, 0.3) is 0 Å². The molecule has 22 heteroatoms. The van der Waals surface area contributed by atoms with Gasteiger partial charge in [-0.25, -0.2) is 4.79 Å². The van der Waals surface area contributed by atoms with Gasteiger partial charge in [-0.2, -0.15) is 0 Å². The second-order valence-corrected chi connectivity index (χ2v) is 16.2. The average Bonchev–Trinajstić information content (AvgIpc) is 3.31. The number of piperidine rings is 1. The van der Waals surface area contributed by atoms with E-state index in [1.807, 2.05) is 13.8 Å². The van der Waals surface area contributed by atoms with Crippen LogP contribution in [0.25, 0.3) is 10.4 Å². The number of hydrogen-bond donors (Lipinski definition) is 6. The van der Waals surface area contributed by atoms with Crippen LogP contribution in [0.3, 0.4) is 0 Å².